The summed E-state index contributed by atoms with van der Waals surface area (Å²) in [7, 11) is 6.19. The zero-order chi connectivity index (χ0) is 24.6. The molecule has 2 heterocycles. The molecule has 5 rings (SSSR count). The van der Waals surface area contributed by atoms with Crippen molar-refractivity contribution in [3.8, 4) is 5.75 Å². The fourth-order valence-electron chi connectivity index (χ4n) is 6.41. The lowest BCUT2D eigenvalue weighted by Gasteiger charge is -2.40. The summed E-state index contributed by atoms with van der Waals surface area (Å²) in [5, 5.41) is 0. The van der Waals surface area contributed by atoms with Gasteiger partial charge in [-0.05, 0) is 55.0 Å². The Bertz CT molecular complexity index is 1050. The van der Waals surface area contributed by atoms with Gasteiger partial charge in [0.25, 0.3) is 0 Å². The number of ether oxygens (including phenoxy) is 1. The van der Waals surface area contributed by atoms with E-state index < -0.39 is 0 Å². The van der Waals surface area contributed by atoms with E-state index in [1.54, 1.807) is 13.2 Å². The molecule has 0 aromatic heterocycles. The van der Waals surface area contributed by atoms with Crippen LogP contribution in [0.4, 0.5) is 9.18 Å². The van der Waals surface area contributed by atoms with Crippen LogP contribution in [-0.2, 0) is 6.54 Å². The Labute approximate surface area is 209 Å². The van der Waals surface area contributed by atoms with Crippen LogP contribution >= 0.6 is 0 Å². The first kappa shape index (κ1) is 24.1. The largest absolute Gasteiger partial charge is 0.497 e. The van der Waals surface area contributed by atoms with Crippen molar-refractivity contribution in [1.82, 2.24) is 9.80 Å². The van der Waals surface area contributed by atoms with Gasteiger partial charge in [-0.2, -0.15) is 0 Å². The molecule has 6 heteroatoms. The van der Waals surface area contributed by atoms with E-state index in [4.69, 9.17) is 4.74 Å². The number of benzene rings is 2. The highest BCUT2D eigenvalue weighted by molar-refractivity contribution is 5.78. The summed E-state index contributed by atoms with van der Waals surface area (Å²) in [6.07, 6.45) is 6.61. The lowest BCUT2D eigenvalue weighted by Crippen LogP contribution is -2.51. The molecule has 2 atom stereocenters. The number of methoxy groups -OCH3 is 1. The van der Waals surface area contributed by atoms with E-state index >= 15 is 0 Å². The highest BCUT2D eigenvalue weighted by Crippen LogP contribution is 2.44. The number of urea groups is 1. The van der Waals surface area contributed by atoms with Crippen LogP contribution in [0.3, 0.4) is 0 Å². The molecule has 0 bridgehead atoms. The quantitative estimate of drug-likeness (QED) is 0.503. The first-order valence-corrected chi connectivity index (χ1v) is 13.1. The Morgan fingerprint density at radius 2 is 1.86 bits per heavy atom. The third-order valence-electron chi connectivity index (χ3n) is 8.87. The molecule has 2 aromatic carbocycles. The molecule has 35 heavy (non-hydrogen) atoms. The SMILES string of the molecule is COc1ccc(CN2C[C@@]3(CC[C@H](c4cccc(F)c4)[N+](C)(C)CC3)N(CC3CCC3)C2=O)cc1. The van der Waals surface area contributed by atoms with Gasteiger partial charge in [-0.15, -0.1) is 0 Å². The molecule has 1 aliphatic carbocycles. The van der Waals surface area contributed by atoms with E-state index in [0.717, 1.165) is 60.3 Å². The molecule has 2 amide bonds. The van der Waals surface area contributed by atoms with Crippen molar-refractivity contribution in [1.29, 1.82) is 0 Å². The topological polar surface area (TPSA) is 32.8 Å². The van der Waals surface area contributed by atoms with E-state index in [9.17, 15) is 9.18 Å². The summed E-state index contributed by atoms with van der Waals surface area (Å²) in [6.45, 7) is 3.22. The highest BCUT2D eigenvalue weighted by atomic mass is 19.1. The van der Waals surface area contributed by atoms with Crippen LogP contribution in [0.2, 0.25) is 0 Å². The van der Waals surface area contributed by atoms with Gasteiger partial charge in [-0.25, -0.2) is 9.18 Å². The van der Waals surface area contributed by atoms with Gasteiger partial charge in [0, 0.05) is 38.0 Å². The fraction of sp³-hybridized carbons (Fsp3) is 0.552. The van der Waals surface area contributed by atoms with Crippen LogP contribution in [-0.4, -0.2) is 66.7 Å². The van der Waals surface area contributed by atoms with Crippen LogP contribution in [0.5, 0.6) is 5.75 Å². The number of rotatable bonds is 6. The number of likely N-dealkylation sites (tertiary alicyclic amines) is 1. The molecule has 3 aliphatic rings. The van der Waals surface area contributed by atoms with Crippen LogP contribution in [0, 0.1) is 11.7 Å². The first-order chi connectivity index (χ1) is 16.8. The molecule has 2 saturated heterocycles. The lowest BCUT2D eigenvalue weighted by molar-refractivity contribution is -0.920. The van der Waals surface area contributed by atoms with Crippen molar-refractivity contribution in [3.05, 3.63) is 65.5 Å². The smallest absolute Gasteiger partial charge is 0.320 e. The summed E-state index contributed by atoms with van der Waals surface area (Å²) in [5.41, 5.74) is 2.04. The van der Waals surface area contributed by atoms with E-state index in [2.05, 4.69) is 42.1 Å². The molecule has 188 valence electrons. The Kier molecular flexibility index (Phi) is 6.51. The van der Waals surface area contributed by atoms with Crippen molar-refractivity contribution >= 4 is 6.03 Å². The molecule has 0 unspecified atom stereocenters. The predicted molar refractivity (Wildman–Crippen MR) is 136 cm³/mol. The average molecular weight is 481 g/mol. The van der Waals surface area contributed by atoms with Crippen LogP contribution < -0.4 is 4.74 Å². The molecular weight excluding hydrogens is 441 g/mol. The zero-order valence-electron chi connectivity index (χ0n) is 21.4. The molecule has 2 aromatic rings. The number of hydrogen-bond acceptors (Lipinski definition) is 2. The van der Waals surface area contributed by atoms with Gasteiger partial charge < -0.3 is 19.0 Å². The maximum atomic E-state index is 14.1. The number of carbonyl (C=O) groups excluding carboxylic acids is 1. The van der Waals surface area contributed by atoms with Crippen molar-refractivity contribution in [3.63, 3.8) is 0 Å². The molecule has 5 nitrogen and oxygen atoms in total. The number of carbonyl (C=O) groups is 1. The predicted octanol–water partition coefficient (Wildman–Crippen LogP) is 5.61. The zero-order valence-corrected chi connectivity index (χ0v) is 21.4. The van der Waals surface area contributed by atoms with Gasteiger partial charge in [-0.1, -0.05) is 30.7 Å². The first-order valence-electron chi connectivity index (χ1n) is 13.1. The maximum Gasteiger partial charge on any atom is 0.320 e. The van der Waals surface area contributed by atoms with Gasteiger partial charge in [0.2, 0.25) is 0 Å². The number of halogens is 1. The maximum absolute atomic E-state index is 14.1. The number of amides is 2. The van der Waals surface area contributed by atoms with Crippen LogP contribution in [0.25, 0.3) is 0 Å². The van der Waals surface area contributed by atoms with E-state index in [1.165, 1.54) is 25.3 Å². The highest BCUT2D eigenvalue weighted by Gasteiger charge is 2.53. The minimum Gasteiger partial charge on any atom is -0.497 e. The normalized spacial score (nSPS) is 26.6. The van der Waals surface area contributed by atoms with E-state index in [-0.39, 0.29) is 23.4 Å². The summed E-state index contributed by atoms with van der Waals surface area (Å²) in [5.74, 6) is 1.29. The molecule has 1 saturated carbocycles. The minimum atomic E-state index is -0.171. The number of hydrogen-bond donors (Lipinski definition) is 0. The van der Waals surface area contributed by atoms with Gasteiger partial charge in [0.1, 0.15) is 17.6 Å². The van der Waals surface area contributed by atoms with Crippen LogP contribution in [0.15, 0.2) is 48.5 Å². The monoisotopic (exact) mass is 480 g/mol. The van der Waals surface area contributed by atoms with Crippen molar-refractivity contribution < 1.29 is 18.4 Å². The Hall–Kier alpha value is -2.60. The molecular formula is C29H39FN3O2+. The third-order valence-corrected chi connectivity index (χ3v) is 8.87. The molecule has 2 aliphatic heterocycles. The molecule has 1 spiro atoms. The third kappa shape index (κ3) is 4.77. The average Bonchev–Trinajstić information content (AvgIpc) is 2.97. The van der Waals surface area contributed by atoms with Gasteiger partial charge in [0.15, 0.2) is 0 Å². The summed E-state index contributed by atoms with van der Waals surface area (Å²) < 4.78 is 20.2. The van der Waals surface area contributed by atoms with Crippen molar-refractivity contribution in [2.75, 3.05) is 40.8 Å². The molecule has 3 fully saturated rings. The second-order valence-corrected chi connectivity index (χ2v) is 11.5. The number of quaternary nitrogens is 1. The molecule has 0 radical (unpaired) electrons. The van der Waals surface area contributed by atoms with Gasteiger partial charge >= 0.3 is 6.03 Å². The summed E-state index contributed by atoms with van der Waals surface area (Å²) >= 11 is 0. The second kappa shape index (κ2) is 9.45. The lowest BCUT2D eigenvalue weighted by atomic mass is 9.82. The van der Waals surface area contributed by atoms with Crippen molar-refractivity contribution in [2.24, 2.45) is 5.92 Å². The van der Waals surface area contributed by atoms with E-state index in [1.807, 2.05) is 18.2 Å². The van der Waals surface area contributed by atoms with Gasteiger partial charge in [0.05, 0.1) is 33.3 Å². The van der Waals surface area contributed by atoms with Crippen molar-refractivity contribution in [2.45, 2.75) is 56.7 Å². The summed E-state index contributed by atoms with van der Waals surface area (Å²) in [4.78, 5) is 18.1. The van der Waals surface area contributed by atoms with Crippen LogP contribution in [0.1, 0.15) is 55.7 Å². The minimum absolute atomic E-state index is 0.156. The Morgan fingerprint density at radius 1 is 1.09 bits per heavy atom. The van der Waals surface area contributed by atoms with Gasteiger partial charge in [-0.3, -0.25) is 0 Å². The number of nitrogens with zero attached hydrogens (tertiary/aromatic N) is 3. The second-order valence-electron chi connectivity index (χ2n) is 11.5. The Balaban J connectivity index is 1.41. The standard InChI is InChI=1S/C29H39FN3O2/c1-33(2)17-16-29(15-14-27(33)24-8-5-9-25(30)18-24)21-31(19-23-10-12-26(35-3)13-11-23)28(34)32(29)20-22-6-4-7-22/h5,8-13,18,22,27H,4,6-7,14-17,19-21H2,1-3H3/q+1/t27-,29+/m1/s1. The summed E-state index contributed by atoms with van der Waals surface area (Å²) in [6, 6.07) is 15.6. The Morgan fingerprint density at radius 3 is 2.51 bits per heavy atom. The van der Waals surface area contributed by atoms with E-state index in [0.29, 0.717) is 12.5 Å². The fourth-order valence-corrected chi connectivity index (χ4v) is 6.41. The molecule has 0 N–H and O–H groups in total.